The molecule has 0 bridgehead atoms. The fraction of sp³-hybridized carbons (Fsp3) is 0.176. The minimum Gasteiger partial charge on any atom is -0.318 e. The summed E-state index contributed by atoms with van der Waals surface area (Å²) in [5, 5.41) is 2.65. The molecule has 1 aliphatic heterocycles. The predicted molar refractivity (Wildman–Crippen MR) is 96.3 cm³/mol. The molecule has 1 amide bonds. The van der Waals surface area contributed by atoms with Gasteiger partial charge in [-0.3, -0.25) is 4.79 Å². The van der Waals surface area contributed by atoms with E-state index < -0.39 is 0 Å². The minimum absolute atomic E-state index is 0.115. The van der Waals surface area contributed by atoms with Gasteiger partial charge in [0.2, 0.25) is 0 Å². The van der Waals surface area contributed by atoms with Crippen LogP contribution in [0.4, 0.5) is 0 Å². The summed E-state index contributed by atoms with van der Waals surface area (Å²) in [5.74, 6) is -0.115. The van der Waals surface area contributed by atoms with Crippen LogP contribution in [-0.4, -0.2) is 14.8 Å². The van der Waals surface area contributed by atoms with Crippen molar-refractivity contribution >= 4 is 40.3 Å². The van der Waals surface area contributed by atoms with Crippen molar-refractivity contribution in [3.63, 3.8) is 0 Å². The Balaban J connectivity index is 2.06. The molecule has 1 aromatic heterocycles. The second-order valence-corrected chi connectivity index (χ2v) is 7.07. The van der Waals surface area contributed by atoms with Crippen molar-refractivity contribution in [2.24, 2.45) is 0 Å². The van der Waals surface area contributed by atoms with Crippen LogP contribution in [0.2, 0.25) is 0 Å². The lowest BCUT2D eigenvalue weighted by molar-refractivity contribution is -0.115. The summed E-state index contributed by atoms with van der Waals surface area (Å²) in [4.78, 5) is 12.5. The lowest BCUT2D eigenvalue weighted by atomic mass is 10.2. The zero-order valence-corrected chi connectivity index (χ0v) is 14.3. The van der Waals surface area contributed by atoms with E-state index in [0.717, 1.165) is 22.6 Å². The van der Waals surface area contributed by atoms with Crippen LogP contribution in [0, 0.1) is 20.8 Å². The van der Waals surface area contributed by atoms with Crippen molar-refractivity contribution in [1.29, 1.82) is 0 Å². The highest BCUT2D eigenvalue weighted by Crippen LogP contribution is 2.29. The van der Waals surface area contributed by atoms with Crippen LogP contribution in [0.1, 0.15) is 22.5 Å². The topological polar surface area (TPSA) is 34.0 Å². The number of benzene rings is 1. The number of nitrogens with one attached hydrogen (secondary N) is 1. The number of hydrogen-bond donors (Lipinski definition) is 1. The molecule has 0 spiro atoms. The predicted octanol–water partition coefficient (Wildman–Crippen LogP) is 3.89. The number of rotatable bonds is 2. The molecule has 1 aromatic carbocycles. The summed E-state index contributed by atoms with van der Waals surface area (Å²) < 4.78 is 2.72. The van der Waals surface area contributed by atoms with Gasteiger partial charge in [0.25, 0.3) is 5.91 Å². The van der Waals surface area contributed by atoms with Crippen molar-refractivity contribution in [2.75, 3.05) is 0 Å². The van der Waals surface area contributed by atoms with E-state index >= 15 is 0 Å². The third-order valence-corrected chi connectivity index (χ3v) is 4.82. The zero-order valence-electron chi connectivity index (χ0n) is 12.6. The summed E-state index contributed by atoms with van der Waals surface area (Å²) in [6, 6.07) is 10.5. The van der Waals surface area contributed by atoms with E-state index in [9.17, 15) is 4.79 Å². The Kier molecular flexibility index (Phi) is 3.93. The summed E-state index contributed by atoms with van der Waals surface area (Å²) in [6.07, 6.45) is 1.91. The number of thiocarbonyl (C=S) groups is 1. The number of nitrogens with zero attached hydrogens (tertiary/aromatic N) is 1. The monoisotopic (exact) mass is 328 g/mol. The van der Waals surface area contributed by atoms with Crippen molar-refractivity contribution in [2.45, 2.75) is 20.8 Å². The van der Waals surface area contributed by atoms with Crippen LogP contribution >= 0.6 is 24.0 Å². The van der Waals surface area contributed by atoms with Crippen LogP contribution in [0.3, 0.4) is 0 Å². The second kappa shape index (κ2) is 5.74. The quantitative estimate of drug-likeness (QED) is 0.671. The first-order chi connectivity index (χ1) is 10.5. The maximum absolute atomic E-state index is 11.8. The van der Waals surface area contributed by atoms with Gasteiger partial charge in [-0.25, -0.2) is 0 Å². The van der Waals surface area contributed by atoms with Crippen LogP contribution in [-0.2, 0) is 4.79 Å². The van der Waals surface area contributed by atoms with Crippen LogP contribution in [0.15, 0.2) is 35.2 Å². The number of aryl methyl sites for hydroxylation is 2. The van der Waals surface area contributed by atoms with Gasteiger partial charge in [0.15, 0.2) is 0 Å². The van der Waals surface area contributed by atoms with E-state index in [4.69, 9.17) is 12.2 Å². The Hall–Kier alpha value is -1.85. The highest BCUT2D eigenvalue weighted by atomic mass is 32.2. The highest BCUT2D eigenvalue weighted by molar-refractivity contribution is 8.26. The van der Waals surface area contributed by atoms with E-state index in [2.05, 4.69) is 61.0 Å². The SMILES string of the molecule is Cc1cccc(-n2c(C)cc(/C=C3/SC(=S)NC3=O)c2C)c1. The van der Waals surface area contributed by atoms with E-state index in [0.29, 0.717) is 9.23 Å². The number of carbonyl (C=O) groups is 1. The number of carbonyl (C=O) groups excluding carboxylic acids is 1. The summed E-state index contributed by atoms with van der Waals surface area (Å²) >= 11 is 6.34. The summed E-state index contributed by atoms with van der Waals surface area (Å²) in [5.41, 5.74) is 5.66. The zero-order chi connectivity index (χ0) is 15.9. The molecular weight excluding hydrogens is 312 g/mol. The molecule has 0 atom stereocenters. The standard InChI is InChI=1S/C17H16N2OS2/c1-10-5-4-6-14(7-10)19-11(2)8-13(12(19)3)9-15-16(20)18-17(21)22-15/h4-9H,1-3H3,(H,18,20,21)/b15-9+. The van der Waals surface area contributed by atoms with Gasteiger partial charge in [0, 0.05) is 17.1 Å². The largest absolute Gasteiger partial charge is 0.318 e. The van der Waals surface area contributed by atoms with Gasteiger partial charge in [0.1, 0.15) is 4.32 Å². The lowest BCUT2D eigenvalue weighted by Gasteiger charge is -2.10. The molecule has 22 heavy (non-hydrogen) atoms. The molecule has 0 unspecified atom stereocenters. The van der Waals surface area contributed by atoms with E-state index in [1.54, 1.807) is 0 Å². The molecule has 1 aliphatic rings. The van der Waals surface area contributed by atoms with Gasteiger partial charge < -0.3 is 9.88 Å². The molecule has 3 rings (SSSR count). The third kappa shape index (κ3) is 2.74. The molecule has 1 N–H and O–H groups in total. The smallest absolute Gasteiger partial charge is 0.263 e. The third-order valence-electron chi connectivity index (χ3n) is 3.66. The molecule has 2 aromatic rings. The number of amides is 1. The highest BCUT2D eigenvalue weighted by Gasteiger charge is 2.22. The van der Waals surface area contributed by atoms with Gasteiger partial charge in [-0.2, -0.15) is 0 Å². The van der Waals surface area contributed by atoms with Crippen molar-refractivity contribution in [3.8, 4) is 5.69 Å². The van der Waals surface area contributed by atoms with Gasteiger partial charge >= 0.3 is 0 Å². The van der Waals surface area contributed by atoms with Gasteiger partial charge in [-0.1, -0.05) is 36.1 Å². The number of thioether (sulfide) groups is 1. The van der Waals surface area contributed by atoms with Crippen LogP contribution in [0.25, 0.3) is 11.8 Å². The minimum atomic E-state index is -0.115. The Labute approximate surface area is 139 Å². The Morgan fingerprint density at radius 2 is 2.00 bits per heavy atom. The van der Waals surface area contributed by atoms with Gasteiger partial charge in [0.05, 0.1) is 4.91 Å². The first kappa shape index (κ1) is 15.1. The second-order valence-electron chi connectivity index (χ2n) is 5.35. The molecule has 1 fully saturated rings. The van der Waals surface area contributed by atoms with E-state index in [1.807, 2.05) is 6.08 Å². The maximum atomic E-state index is 11.8. The molecule has 0 saturated carbocycles. The normalized spacial score (nSPS) is 16.4. The fourth-order valence-electron chi connectivity index (χ4n) is 2.66. The van der Waals surface area contributed by atoms with Crippen molar-refractivity contribution < 1.29 is 4.79 Å². The molecule has 2 heterocycles. The average Bonchev–Trinajstić information content (AvgIpc) is 2.90. The maximum Gasteiger partial charge on any atom is 0.263 e. The fourth-order valence-corrected chi connectivity index (χ4v) is 3.70. The first-order valence-electron chi connectivity index (χ1n) is 6.96. The molecule has 0 aliphatic carbocycles. The average molecular weight is 328 g/mol. The van der Waals surface area contributed by atoms with E-state index in [-0.39, 0.29) is 5.91 Å². The molecule has 1 saturated heterocycles. The molecule has 5 heteroatoms. The van der Waals surface area contributed by atoms with Crippen LogP contribution < -0.4 is 5.32 Å². The Morgan fingerprint density at radius 1 is 1.23 bits per heavy atom. The molecular formula is C17H16N2OS2. The van der Waals surface area contributed by atoms with Gasteiger partial charge in [-0.05, 0) is 56.2 Å². The van der Waals surface area contributed by atoms with E-state index in [1.165, 1.54) is 17.3 Å². The van der Waals surface area contributed by atoms with Crippen LogP contribution in [0.5, 0.6) is 0 Å². The summed E-state index contributed by atoms with van der Waals surface area (Å²) in [7, 11) is 0. The number of hydrogen-bond acceptors (Lipinski definition) is 3. The first-order valence-corrected chi connectivity index (χ1v) is 8.19. The molecule has 0 radical (unpaired) electrons. The van der Waals surface area contributed by atoms with Crippen molar-refractivity contribution in [3.05, 3.63) is 57.8 Å². The Morgan fingerprint density at radius 3 is 2.64 bits per heavy atom. The molecule has 112 valence electrons. The molecule has 3 nitrogen and oxygen atoms in total. The number of aromatic nitrogens is 1. The lowest BCUT2D eigenvalue weighted by Crippen LogP contribution is -2.17. The van der Waals surface area contributed by atoms with Gasteiger partial charge in [-0.15, -0.1) is 0 Å². The van der Waals surface area contributed by atoms with Crippen molar-refractivity contribution in [1.82, 2.24) is 9.88 Å². The Bertz CT molecular complexity index is 818. The summed E-state index contributed by atoms with van der Waals surface area (Å²) in [6.45, 7) is 6.22.